The van der Waals surface area contributed by atoms with E-state index in [1.807, 2.05) is 25.2 Å². The zero-order valence-electron chi connectivity index (χ0n) is 16.0. The molecule has 0 saturated carbocycles. The third-order valence-corrected chi connectivity index (χ3v) is 4.26. The largest absolute Gasteiger partial charge is 0.494 e. The third kappa shape index (κ3) is 5.87. The van der Waals surface area contributed by atoms with Gasteiger partial charge < -0.3 is 15.4 Å². The lowest BCUT2D eigenvalue weighted by atomic mass is 10.0. The second-order valence-corrected chi connectivity index (χ2v) is 6.75. The highest BCUT2D eigenvalue weighted by Crippen LogP contribution is 2.36. The van der Waals surface area contributed by atoms with Crippen molar-refractivity contribution >= 4 is 29.1 Å². The molecule has 2 amide bonds. The molecule has 5 nitrogen and oxygen atoms in total. The summed E-state index contributed by atoms with van der Waals surface area (Å²) in [5.74, 6) is -1.76. The van der Waals surface area contributed by atoms with Crippen LogP contribution in [-0.2, 0) is 15.8 Å². The summed E-state index contributed by atoms with van der Waals surface area (Å²) in [5, 5.41) is 4.32. The fourth-order valence-electron chi connectivity index (χ4n) is 2.67. The molecule has 0 bridgehead atoms. The quantitative estimate of drug-likeness (QED) is 0.667. The van der Waals surface area contributed by atoms with E-state index in [2.05, 4.69) is 5.32 Å². The van der Waals surface area contributed by atoms with E-state index >= 15 is 0 Å². The summed E-state index contributed by atoms with van der Waals surface area (Å²) in [4.78, 5) is 24.4. The Morgan fingerprint density at radius 1 is 1.14 bits per heavy atom. The van der Waals surface area contributed by atoms with Crippen LogP contribution in [-0.4, -0.2) is 18.4 Å². The summed E-state index contributed by atoms with van der Waals surface area (Å²) in [7, 11) is 0. The van der Waals surface area contributed by atoms with E-state index in [-0.39, 0.29) is 5.02 Å². The van der Waals surface area contributed by atoms with Gasteiger partial charge >= 0.3 is 18.0 Å². The molecule has 0 fully saturated rings. The van der Waals surface area contributed by atoms with Crippen molar-refractivity contribution in [2.75, 3.05) is 11.9 Å². The van der Waals surface area contributed by atoms with Crippen molar-refractivity contribution in [3.8, 4) is 5.75 Å². The van der Waals surface area contributed by atoms with Gasteiger partial charge in [-0.2, -0.15) is 13.2 Å². The average Bonchev–Trinajstić information content (AvgIpc) is 2.63. The molecule has 0 spiro atoms. The number of carbonyl (C=O) groups is 2. The Labute approximate surface area is 171 Å². The number of anilines is 1. The SMILES string of the molecule is CCOc1ccc(C)cc1C(C)NC(=O)C(=O)Nc1ccc(Cl)cc1C(F)(F)F. The van der Waals surface area contributed by atoms with E-state index in [1.54, 1.807) is 19.1 Å². The highest BCUT2D eigenvalue weighted by molar-refractivity contribution is 6.39. The molecule has 2 aromatic rings. The van der Waals surface area contributed by atoms with Crippen LogP contribution in [0.25, 0.3) is 0 Å². The first-order valence-electron chi connectivity index (χ1n) is 8.74. The maximum absolute atomic E-state index is 13.1. The van der Waals surface area contributed by atoms with Crippen molar-refractivity contribution in [3.05, 3.63) is 58.1 Å². The number of carbonyl (C=O) groups excluding carboxylic acids is 2. The highest BCUT2D eigenvalue weighted by Gasteiger charge is 2.34. The van der Waals surface area contributed by atoms with Crippen LogP contribution in [0.5, 0.6) is 5.75 Å². The highest BCUT2D eigenvalue weighted by atomic mass is 35.5. The van der Waals surface area contributed by atoms with Crippen molar-refractivity contribution in [1.82, 2.24) is 5.32 Å². The van der Waals surface area contributed by atoms with E-state index < -0.39 is 35.3 Å². The third-order valence-electron chi connectivity index (χ3n) is 4.02. The zero-order valence-corrected chi connectivity index (χ0v) is 16.7. The number of aryl methyl sites for hydroxylation is 1. The van der Waals surface area contributed by atoms with Crippen LogP contribution in [0.4, 0.5) is 18.9 Å². The summed E-state index contributed by atoms with van der Waals surface area (Å²) < 4.78 is 45.0. The van der Waals surface area contributed by atoms with E-state index in [1.165, 1.54) is 6.07 Å². The van der Waals surface area contributed by atoms with Crippen molar-refractivity contribution in [1.29, 1.82) is 0 Å². The summed E-state index contributed by atoms with van der Waals surface area (Å²) in [6.07, 6.45) is -4.74. The number of hydrogen-bond donors (Lipinski definition) is 2. The van der Waals surface area contributed by atoms with Crippen LogP contribution in [0.15, 0.2) is 36.4 Å². The number of nitrogens with one attached hydrogen (secondary N) is 2. The fraction of sp³-hybridized carbons (Fsp3) is 0.300. The maximum atomic E-state index is 13.1. The lowest BCUT2D eigenvalue weighted by Gasteiger charge is -2.19. The molecule has 29 heavy (non-hydrogen) atoms. The first kappa shape index (κ1) is 22.5. The van der Waals surface area contributed by atoms with E-state index in [4.69, 9.17) is 16.3 Å². The first-order valence-corrected chi connectivity index (χ1v) is 9.12. The number of amides is 2. The van der Waals surface area contributed by atoms with Crippen molar-refractivity contribution in [2.24, 2.45) is 0 Å². The van der Waals surface area contributed by atoms with Gasteiger partial charge in [-0.15, -0.1) is 0 Å². The van der Waals surface area contributed by atoms with Gasteiger partial charge in [0.15, 0.2) is 0 Å². The number of benzene rings is 2. The number of ether oxygens (including phenoxy) is 1. The number of alkyl halides is 3. The molecule has 0 aliphatic heterocycles. The second kappa shape index (κ2) is 9.17. The van der Waals surface area contributed by atoms with Gasteiger partial charge in [-0.05, 0) is 45.0 Å². The maximum Gasteiger partial charge on any atom is 0.418 e. The van der Waals surface area contributed by atoms with Crippen LogP contribution in [0, 0.1) is 6.92 Å². The summed E-state index contributed by atoms with van der Waals surface area (Å²) in [6.45, 7) is 5.73. The van der Waals surface area contributed by atoms with Gasteiger partial charge in [0.05, 0.1) is 23.9 Å². The molecule has 9 heteroatoms. The predicted molar refractivity (Wildman–Crippen MR) is 104 cm³/mol. The molecule has 1 unspecified atom stereocenters. The number of hydrogen-bond acceptors (Lipinski definition) is 3. The Bertz CT molecular complexity index is 916. The molecule has 2 rings (SSSR count). The molecule has 1 atom stereocenters. The molecule has 0 saturated heterocycles. The summed E-state index contributed by atoms with van der Waals surface area (Å²) in [6, 6.07) is 7.65. The Balaban J connectivity index is 2.17. The fourth-order valence-corrected chi connectivity index (χ4v) is 2.84. The van der Waals surface area contributed by atoms with Crippen LogP contribution in [0.1, 0.15) is 36.6 Å². The number of rotatable bonds is 5. The average molecular weight is 429 g/mol. The van der Waals surface area contributed by atoms with Gasteiger partial charge in [0, 0.05) is 10.6 Å². The molecule has 2 aromatic carbocycles. The van der Waals surface area contributed by atoms with Crippen LogP contribution in [0.2, 0.25) is 5.02 Å². The molecule has 0 aliphatic rings. The minimum absolute atomic E-state index is 0.142. The van der Waals surface area contributed by atoms with Crippen LogP contribution in [0.3, 0.4) is 0 Å². The van der Waals surface area contributed by atoms with Gasteiger partial charge in [0.2, 0.25) is 0 Å². The van der Waals surface area contributed by atoms with Gasteiger partial charge in [0.25, 0.3) is 0 Å². The van der Waals surface area contributed by atoms with E-state index in [0.717, 1.165) is 11.6 Å². The Hall–Kier alpha value is -2.74. The van der Waals surface area contributed by atoms with E-state index in [9.17, 15) is 22.8 Å². The van der Waals surface area contributed by atoms with Crippen LogP contribution < -0.4 is 15.4 Å². The number of halogens is 4. The van der Waals surface area contributed by atoms with Gasteiger partial charge in [0.1, 0.15) is 5.75 Å². The smallest absolute Gasteiger partial charge is 0.418 e. The normalized spacial score (nSPS) is 12.2. The molecule has 156 valence electrons. The molecule has 0 aromatic heterocycles. The van der Waals surface area contributed by atoms with Gasteiger partial charge in [-0.25, -0.2) is 0 Å². The molecule has 0 aliphatic carbocycles. The lowest BCUT2D eigenvalue weighted by Crippen LogP contribution is -2.37. The van der Waals surface area contributed by atoms with E-state index in [0.29, 0.717) is 24.0 Å². The molecular weight excluding hydrogens is 409 g/mol. The minimum atomic E-state index is -4.74. The molecular formula is C20H20ClF3N2O3. The Kier molecular flexibility index (Phi) is 7.13. The predicted octanol–water partition coefficient (Wildman–Crippen LogP) is 4.88. The second-order valence-electron chi connectivity index (χ2n) is 6.31. The van der Waals surface area contributed by atoms with Crippen molar-refractivity contribution in [2.45, 2.75) is 33.0 Å². The molecule has 2 N–H and O–H groups in total. The standard InChI is InChI=1S/C20H20ClF3N2O3/c1-4-29-17-8-5-11(2)9-14(17)12(3)25-18(27)19(28)26-16-7-6-13(21)10-15(16)20(22,23)24/h5-10,12H,4H2,1-3H3,(H,25,27)(H,26,28). The minimum Gasteiger partial charge on any atom is -0.494 e. The molecule has 0 heterocycles. The van der Waals surface area contributed by atoms with Crippen molar-refractivity contribution in [3.63, 3.8) is 0 Å². The Morgan fingerprint density at radius 2 is 1.83 bits per heavy atom. The lowest BCUT2D eigenvalue weighted by molar-refractivity contribution is -0.138. The molecule has 0 radical (unpaired) electrons. The zero-order chi connectivity index (χ0) is 21.8. The summed E-state index contributed by atoms with van der Waals surface area (Å²) in [5.41, 5.74) is -0.128. The van der Waals surface area contributed by atoms with Gasteiger partial charge in [-0.1, -0.05) is 29.3 Å². The van der Waals surface area contributed by atoms with Crippen molar-refractivity contribution < 1.29 is 27.5 Å². The monoisotopic (exact) mass is 428 g/mol. The Morgan fingerprint density at radius 3 is 2.45 bits per heavy atom. The topological polar surface area (TPSA) is 67.4 Å². The first-order chi connectivity index (χ1) is 13.5. The summed E-state index contributed by atoms with van der Waals surface area (Å²) >= 11 is 5.61. The van der Waals surface area contributed by atoms with Gasteiger partial charge in [-0.3, -0.25) is 9.59 Å². The van der Waals surface area contributed by atoms with Crippen LogP contribution >= 0.6 is 11.6 Å².